The quantitative estimate of drug-likeness (QED) is 0.301. The minimum Gasteiger partial charge on any atom is -0.481 e. The standard InChI is InChI=1S/C31H43N3O7S/c1-5-6-7-8-9-19-42(39,40)27-15-13-24(14-16-27)32-29(37)23-11-10-12-25(20-23)34-18-17-33(22-26(34)21-28(35)36)30(38)41-31(2,3)4/h10-16,20,26H,5-9,17-19,21-22H2,1-4H3,(H,32,37)(H,35,36)/t26-/m0/s1. The predicted molar refractivity (Wildman–Crippen MR) is 163 cm³/mol. The molecule has 0 spiro atoms. The highest BCUT2D eigenvalue weighted by molar-refractivity contribution is 7.91. The van der Waals surface area contributed by atoms with Crippen LogP contribution in [0.15, 0.2) is 53.4 Å². The number of hydrogen-bond donors (Lipinski definition) is 2. The average Bonchev–Trinajstić information content (AvgIpc) is 2.92. The van der Waals surface area contributed by atoms with E-state index in [0.29, 0.717) is 36.4 Å². The number of amides is 2. The van der Waals surface area contributed by atoms with Crippen molar-refractivity contribution in [2.75, 3.05) is 35.6 Å². The van der Waals surface area contributed by atoms with Crippen LogP contribution in [0.2, 0.25) is 0 Å². The summed E-state index contributed by atoms with van der Waals surface area (Å²) in [4.78, 5) is 41.0. The Morgan fingerprint density at radius 1 is 1.00 bits per heavy atom. The lowest BCUT2D eigenvalue weighted by atomic mass is 10.1. The van der Waals surface area contributed by atoms with Crippen LogP contribution in [0.5, 0.6) is 0 Å². The molecule has 2 N–H and O–H groups in total. The number of carboxylic acids is 1. The Hall–Kier alpha value is -3.60. The van der Waals surface area contributed by atoms with Crippen LogP contribution >= 0.6 is 0 Å². The number of sulfone groups is 1. The summed E-state index contributed by atoms with van der Waals surface area (Å²) in [5, 5.41) is 12.3. The summed E-state index contributed by atoms with van der Waals surface area (Å²) in [5.74, 6) is -1.28. The van der Waals surface area contributed by atoms with E-state index in [4.69, 9.17) is 4.74 Å². The average molecular weight is 602 g/mol. The number of piperazine rings is 1. The molecule has 1 aliphatic rings. The fourth-order valence-corrected chi connectivity index (χ4v) is 6.22. The number of hydrogen-bond acceptors (Lipinski definition) is 7. The molecule has 1 aliphatic heterocycles. The molecule has 11 heteroatoms. The van der Waals surface area contributed by atoms with Gasteiger partial charge in [-0.15, -0.1) is 0 Å². The number of carbonyl (C=O) groups is 3. The van der Waals surface area contributed by atoms with Gasteiger partial charge in [-0.25, -0.2) is 13.2 Å². The van der Waals surface area contributed by atoms with Crippen molar-refractivity contribution in [3.8, 4) is 0 Å². The Morgan fingerprint density at radius 3 is 2.33 bits per heavy atom. The molecule has 2 amide bonds. The van der Waals surface area contributed by atoms with Gasteiger partial charge < -0.3 is 25.0 Å². The van der Waals surface area contributed by atoms with E-state index in [1.807, 2.05) is 4.90 Å². The van der Waals surface area contributed by atoms with Crippen LogP contribution in [0, 0.1) is 0 Å². The van der Waals surface area contributed by atoms with Crippen LogP contribution in [0.1, 0.15) is 76.6 Å². The Balaban J connectivity index is 1.67. The number of rotatable bonds is 12. The third-order valence-electron chi connectivity index (χ3n) is 6.97. The molecule has 42 heavy (non-hydrogen) atoms. The second kappa shape index (κ2) is 14.5. The summed E-state index contributed by atoms with van der Waals surface area (Å²) in [6, 6.07) is 12.5. The number of carbonyl (C=O) groups excluding carboxylic acids is 2. The maximum atomic E-state index is 13.1. The first kappa shape index (κ1) is 32.9. The Bertz CT molecular complexity index is 1340. The SMILES string of the molecule is CCCCCCCS(=O)(=O)c1ccc(NC(=O)c2cccc(N3CCN(C(=O)OC(C)(C)C)C[C@@H]3CC(=O)O)c2)cc1. The van der Waals surface area contributed by atoms with E-state index >= 15 is 0 Å². The largest absolute Gasteiger partial charge is 0.481 e. The van der Waals surface area contributed by atoms with Crippen LogP contribution in [0.3, 0.4) is 0 Å². The molecule has 230 valence electrons. The highest BCUT2D eigenvalue weighted by Crippen LogP contribution is 2.26. The predicted octanol–water partition coefficient (Wildman–Crippen LogP) is 5.58. The van der Waals surface area contributed by atoms with Gasteiger partial charge in [0.1, 0.15) is 5.60 Å². The number of unbranched alkanes of at least 4 members (excludes halogenated alkanes) is 4. The summed E-state index contributed by atoms with van der Waals surface area (Å²) in [6.07, 6.45) is 4.06. The molecule has 1 atom stereocenters. The smallest absolute Gasteiger partial charge is 0.410 e. The molecule has 0 radical (unpaired) electrons. The van der Waals surface area contributed by atoms with Gasteiger partial charge in [0.2, 0.25) is 0 Å². The summed E-state index contributed by atoms with van der Waals surface area (Å²) < 4.78 is 30.8. The van der Waals surface area contributed by atoms with E-state index in [1.165, 1.54) is 17.0 Å². The van der Waals surface area contributed by atoms with E-state index in [0.717, 1.165) is 25.7 Å². The van der Waals surface area contributed by atoms with Crippen LogP contribution in [-0.4, -0.2) is 73.4 Å². The Morgan fingerprint density at radius 2 is 1.69 bits per heavy atom. The Labute approximate surface area is 249 Å². The Kier molecular flexibility index (Phi) is 11.4. The maximum Gasteiger partial charge on any atom is 0.410 e. The van der Waals surface area contributed by atoms with Crippen LogP contribution in [0.4, 0.5) is 16.2 Å². The highest BCUT2D eigenvalue weighted by atomic mass is 32.2. The molecule has 2 aromatic carbocycles. The molecule has 2 aromatic rings. The summed E-state index contributed by atoms with van der Waals surface area (Å²) in [7, 11) is -3.39. The number of carboxylic acid groups (broad SMARTS) is 1. The van der Waals surface area contributed by atoms with Crippen molar-refractivity contribution in [2.45, 2.75) is 82.8 Å². The van der Waals surface area contributed by atoms with E-state index < -0.39 is 33.5 Å². The first-order valence-electron chi connectivity index (χ1n) is 14.5. The summed E-state index contributed by atoms with van der Waals surface area (Å²) >= 11 is 0. The van der Waals surface area contributed by atoms with Crippen molar-refractivity contribution in [3.05, 3.63) is 54.1 Å². The van der Waals surface area contributed by atoms with E-state index in [-0.39, 0.29) is 29.5 Å². The minimum atomic E-state index is -3.39. The van der Waals surface area contributed by atoms with Crippen molar-refractivity contribution in [1.82, 2.24) is 4.90 Å². The maximum absolute atomic E-state index is 13.1. The second-order valence-corrected chi connectivity index (χ2v) is 13.7. The van der Waals surface area contributed by atoms with E-state index in [9.17, 15) is 27.9 Å². The fourth-order valence-electron chi connectivity index (χ4n) is 4.85. The fraction of sp³-hybridized carbons (Fsp3) is 0.516. The summed E-state index contributed by atoms with van der Waals surface area (Å²) in [6.45, 7) is 8.33. The molecule has 0 aliphatic carbocycles. The molecule has 0 saturated carbocycles. The molecule has 1 saturated heterocycles. The molecular formula is C31H43N3O7S. The molecule has 0 unspecified atom stereocenters. The molecular weight excluding hydrogens is 558 g/mol. The van der Waals surface area contributed by atoms with Gasteiger partial charge in [-0.05, 0) is 69.7 Å². The lowest BCUT2D eigenvalue weighted by molar-refractivity contribution is -0.137. The number of nitrogens with one attached hydrogen (secondary N) is 1. The van der Waals surface area contributed by atoms with Crippen LogP contribution < -0.4 is 10.2 Å². The van der Waals surface area contributed by atoms with E-state index in [1.54, 1.807) is 57.2 Å². The van der Waals surface area contributed by atoms with Gasteiger partial charge in [0.05, 0.1) is 23.1 Å². The monoisotopic (exact) mass is 601 g/mol. The van der Waals surface area contributed by atoms with Gasteiger partial charge in [0.25, 0.3) is 5.91 Å². The molecule has 10 nitrogen and oxygen atoms in total. The van der Waals surface area contributed by atoms with Gasteiger partial charge >= 0.3 is 12.1 Å². The van der Waals surface area contributed by atoms with Gasteiger partial charge in [0, 0.05) is 36.6 Å². The number of aliphatic carboxylic acids is 1. The molecule has 0 bridgehead atoms. The first-order valence-corrected chi connectivity index (χ1v) is 16.1. The lowest BCUT2D eigenvalue weighted by Gasteiger charge is -2.42. The number of benzene rings is 2. The minimum absolute atomic E-state index is 0.101. The normalized spacial score (nSPS) is 15.8. The zero-order valence-electron chi connectivity index (χ0n) is 25.0. The van der Waals surface area contributed by atoms with Crippen LogP contribution in [0.25, 0.3) is 0 Å². The molecule has 1 heterocycles. The third kappa shape index (κ3) is 9.75. The van der Waals surface area contributed by atoms with Gasteiger partial charge in [-0.1, -0.05) is 38.7 Å². The zero-order chi connectivity index (χ0) is 30.9. The second-order valence-electron chi connectivity index (χ2n) is 11.6. The number of anilines is 2. The molecule has 0 aromatic heterocycles. The van der Waals surface area contributed by atoms with E-state index in [2.05, 4.69) is 12.2 Å². The highest BCUT2D eigenvalue weighted by Gasteiger charge is 2.33. The zero-order valence-corrected chi connectivity index (χ0v) is 25.8. The lowest BCUT2D eigenvalue weighted by Crippen LogP contribution is -2.56. The molecule has 1 fully saturated rings. The van der Waals surface area contributed by atoms with Crippen molar-refractivity contribution in [1.29, 1.82) is 0 Å². The van der Waals surface area contributed by atoms with Crippen molar-refractivity contribution < 1.29 is 32.6 Å². The number of nitrogens with zero attached hydrogens (tertiary/aromatic N) is 2. The van der Waals surface area contributed by atoms with Crippen LogP contribution in [-0.2, 0) is 19.4 Å². The van der Waals surface area contributed by atoms with Gasteiger partial charge in [-0.3, -0.25) is 9.59 Å². The number of ether oxygens (including phenoxy) is 1. The first-order chi connectivity index (χ1) is 19.8. The topological polar surface area (TPSA) is 133 Å². The van der Waals surface area contributed by atoms with Crippen molar-refractivity contribution >= 4 is 39.2 Å². The summed E-state index contributed by atoms with van der Waals surface area (Å²) in [5.41, 5.74) is 0.820. The third-order valence-corrected chi connectivity index (χ3v) is 8.79. The van der Waals surface area contributed by atoms with Crippen molar-refractivity contribution in [3.63, 3.8) is 0 Å². The molecule has 3 rings (SSSR count). The van der Waals surface area contributed by atoms with Gasteiger partial charge in [-0.2, -0.15) is 0 Å². The van der Waals surface area contributed by atoms with Crippen molar-refractivity contribution in [2.24, 2.45) is 0 Å². The van der Waals surface area contributed by atoms with Gasteiger partial charge in [0.15, 0.2) is 9.84 Å².